The predicted molar refractivity (Wildman–Crippen MR) is 47.0 cm³/mol. The van der Waals surface area contributed by atoms with Gasteiger partial charge in [0.05, 0.1) is 5.39 Å². The SMILES string of the molecule is c1ncc2c(n1)[nH]c1nccnc12. The Morgan fingerprint density at radius 1 is 1.00 bits per heavy atom. The largest absolute Gasteiger partial charge is 0.322 e. The molecule has 0 fully saturated rings. The van der Waals surface area contributed by atoms with Crippen molar-refractivity contribution in [3.05, 3.63) is 24.9 Å². The first kappa shape index (κ1) is 6.47. The number of hydrogen-bond acceptors (Lipinski definition) is 4. The van der Waals surface area contributed by atoms with Crippen LogP contribution in [0.4, 0.5) is 0 Å². The molecular weight excluding hydrogens is 166 g/mol. The Hall–Kier alpha value is -2.04. The van der Waals surface area contributed by atoms with Crippen LogP contribution < -0.4 is 0 Å². The van der Waals surface area contributed by atoms with Gasteiger partial charge in [0.25, 0.3) is 0 Å². The van der Waals surface area contributed by atoms with Crippen LogP contribution in [-0.4, -0.2) is 24.9 Å². The van der Waals surface area contributed by atoms with Gasteiger partial charge in [-0.2, -0.15) is 0 Å². The normalized spacial score (nSPS) is 11.1. The molecule has 3 aromatic heterocycles. The standard InChI is InChI=1S/C8H5N5/c1-2-11-8-6(10-1)5-3-9-4-12-7(5)13-8/h1-4H,(H,9,11,12,13). The van der Waals surface area contributed by atoms with E-state index in [-0.39, 0.29) is 0 Å². The van der Waals surface area contributed by atoms with Gasteiger partial charge in [-0.1, -0.05) is 0 Å². The Bertz CT molecular complexity index is 520. The molecule has 62 valence electrons. The highest BCUT2D eigenvalue weighted by Gasteiger charge is 2.05. The molecule has 13 heavy (non-hydrogen) atoms. The summed E-state index contributed by atoms with van der Waals surface area (Å²) in [5, 5.41) is 0.908. The second kappa shape index (κ2) is 2.22. The number of nitrogens with zero attached hydrogens (tertiary/aromatic N) is 4. The van der Waals surface area contributed by atoms with Gasteiger partial charge < -0.3 is 4.98 Å². The number of nitrogens with one attached hydrogen (secondary N) is 1. The van der Waals surface area contributed by atoms with Crippen molar-refractivity contribution in [3.8, 4) is 0 Å². The summed E-state index contributed by atoms with van der Waals surface area (Å²) in [6.07, 6.45) is 6.53. The number of aromatic nitrogens is 5. The van der Waals surface area contributed by atoms with Crippen LogP contribution in [0.3, 0.4) is 0 Å². The zero-order chi connectivity index (χ0) is 8.67. The molecule has 0 unspecified atom stereocenters. The molecule has 0 aromatic carbocycles. The van der Waals surface area contributed by atoms with Gasteiger partial charge in [-0.15, -0.1) is 0 Å². The van der Waals surface area contributed by atoms with Crippen LogP contribution in [0.25, 0.3) is 22.2 Å². The van der Waals surface area contributed by atoms with E-state index in [4.69, 9.17) is 0 Å². The third-order valence-electron chi connectivity index (χ3n) is 1.90. The molecule has 0 radical (unpaired) electrons. The quantitative estimate of drug-likeness (QED) is 0.545. The summed E-state index contributed by atoms with van der Waals surface area (Å²) >= 11 is 0. The molecule has 0 aliphatic heterocycles. The fraction of sp³-hybridized carbons (Fsp3) is 0. The molecule has 0 amide bonds. The molecule has 0 saturated carbocycles. The van der Waals surface area contributed by atoms with Gasteiger partial charge in [-0.05, 0) is 0 Å². The summed E-state index contributed by atoms with van der Waals surface area (Å²) in [5.41, 5.74) is 2.34. The number of H-pyrrole nitrogens is 1. The molecule has 0 aliphatic rings. The lowest BCUT2D eigenvalue weighted by atomic mass is 10.4. The molecule has 1 N–H and O–H groups in total. The lowest BCUT2D eigenvalue weighted by Crippen LogP contribution is -1.77. The minimum atomic E-state index is 0.748. The van der Waals surface area contributed by atoms with E-state index in [2.05, 4.69) is 24.9 Å². The third kappa shape index (κ3) is 0.807. The zero-order valence-corrected chi connectivity index (χ0v) is 6.60. The van der Waals surface area contributed by atoms with E-state index in [1.165, 1.54) is 6.33 Å². The fourth-order valence-electron chi connectivity index (χ4n) is 1.34. The zero-order valence-electron chi connectivity index (χ0n) is 6.60. The summed E-state index contributed by atoms with van der Waals surface area (Å²) in [6.45, 7) is 0. The molecule has 0 saturated heterocycles. The highest BCUT2D eigenvalue weighted by Crippen LogP contribution is 2.17. The van der Waals surface area contributed by atoms with Crippen molar-refractivity contribution in [3.63, 3.8) is 0 Å². The third-order valence-corrected chi connectivity index (χ3v) is 1.90. The van der Waals surface area contributed by atoms with Crippen LogP contribution in [0.15, 0.2) is 24.9 Å². The molecule has 3 rings (SSSR count). The lowest BCUT2D eigenvalue weighted by Gasteiger charge is -1.85. The monoisotopic (exact) mass is 171 g/mol. The Labute approximate surface area is 72.9 Å². The first-order valence-corrected chi connectivity index (χ1v) is 3.83. The second-order valence-electron chi connectivity index (χ2n) is 2.66. The minimum absolute atomic E-state index is 0.748. The molecule has 0 atom stereocenters. The van der Waals surface area contributed by atoms with E-state index in [0.717, 1.165) is 22.2 Å². The average molecular weight is 171 g/mol. The molecule has 5 heteroatoms. The Balaban J connectivity index is 2.64. The molecule has 0 bridgehead atoms. The maximum absolute atomic E-state index is 4.20. The van der Waals surface area contributed by atoms with E-state index < -0.39 is 0 Å². The summed E-state index contributed by atoms with van der Waals surface area (Å²) < 4.78 is 0. The van der Waals surface area contributed by atoms with Gasteiger partial charge in [0.2, 0.25) is 0 Å². The first-order valence-electron chi connectivity index (χ1n) is 3.83. The average Bonchev–Trinajstić information content (AvgIpc) is 2.56. The van der Waals surface area contributed by atoms with Gasteiger partial charge in [0.15, 0.2) is 5.65 Å². The van der Waals surface area contributed by atoms with Crippen molar-refractivity contribution in [2.24, 2.45) is 0 Å². The van der Waals surface area contributed by atoms with Gasteiger partial charge >= 0.3 is 0 Å². The predicted octanol–water partition coefficient (Wildman–Crippen LogP) is 0.901. The molecule has 0 spiro atoms. The summed E-state index contributed by atoms with van der Waals surface area (Å²) in [4.78, 5) is 19.4. The lowest BCUT2D eigenvalue weighted by molar-refractivity contribution is 1.20. The van der Waals surface area contributed by atoms with Gasteiger partial charge in [0.1, 0.15) is 17.5 Å². The smallest absolute Gasteiger partial charge is 0.158 e. The Kier molecular flexibility index (Phi) is 1.11. The molecule has 0 aliphatic carbocycles. The van der Waals surface area contributed by atoms with E-state index in [9.17, 15) is 0 Å². The summed E-state index contributed by atoms with van der Waals surface area (Å²) in [7, 11) is 0. The number of rotatable bonds is 0. The van der Waals surface area contributed by atoms with Crippen molar-refractivity contribution < 1.29 is 0 Å². The number of hydrogen-bond donors (Lipinski definition) is 1. The van der Waals surface area contributed by atoms with E-state index in [0.29, 0.717) is 0 Å². The number of aromatic amines is 1. The van der Waals surface area contributed by atoms with Gasteiger partial charge in [-0.25, -0.2) is 15.0 Å². The second-order valence-corrected chi connectivity index (χ2v) is 2.66. The van der Waals surface area contributed by atoms with Crippen molar-refractivity contribution >= 4 is 22.2 Å². The summed E-state index contributed by atoms with van der Waals surface area (Å²) in [5.74, 6) is 0. The fourth-order valence-corrected chi connectivity index (χ4v) is 1.34. The van der Waals surface area contributed by atoms with Crippen LogP contribution >= 0.6 is 0 Å². The summed E-state index contributed by atoms with van der Waals surface area (Å²) in [6, 6.07) is 0. The van der Waals surface area contributed by atoms with Crippen molar-refractivity contribution in [1.82, 2.24) is 24.9 Å². The molecule has 3 heterocycles. The topological polar surface area (TPSA) is 67.3 Å². The highest BCUT2D eigenvalue weighted by molar-refractivity contribution is 6.00. The van der Waals surface area contributed by atoms with Crippen molar-refractivity contribution in [1.29, 1.82) is 0 Å². The van der Waals surface area contributed by atoms with Gasteiger partial charge in [-0.3, -0.25) is 4.98 Å². The van der Waals surface area contributed by atoms with Gasteiger partial charge in [0, 0.05) is 18.6 Å². The van der Waals surface area contributed by atoms with Crippen LogP contribution in [0.1, 0.15) is 0 Å². The Morgan fingerprint density at radius 3 is 2.92 bits per heavy atom. The van der Waals surface area contributed by atoms with Crippen LogP contribution in [0, 0.1) is 0 Å². The first-order chi connectivity index (χ1) is 6.45. The maximum atomic E-state index is 4.20. The maximum Gasteiger partial charge on any atom is 0.158 e. The van der Waals surface area contributed by atoms with Crippen LogP contribution in [0.5, 0.6) is 0 Å². The Morgan fingerprint density at radius 2 is 1.92 bits per heavy atom. The van der Waals surface area contributed by atoms with Crippen molar-refractivity contribution in [2.45, 2.75) is 0 Å². The molecule has 5 nitrogen and oxygen atoms in total. The number of fused-ring (bicyclic) bond motifs is 3. The van der Waals surface area contributed by atoms with Crippen LogP contribution in [0.2, 0.25) is 0 Å². The molecule has 3 aromatic rings. The van der Waals surface area contributed by atoms with E-state index >= 15 is 0 Å². The van der Waals surface area contributed by atoms with Crippen LogP contribution in [-0.2, 0) is 0 Å². The molecular formula is C8H5N5. The highest BCUT2D eigenvalue weighted by atomic mass is 15.0. The van der Waals surface area contributed by atoms with Crippen molar-refractivity contribution in [2.75, 3.05) is 0 Å². The van der Waals surface area contributed by atoms with E-state index in [1.54, 1.807) is 18.6 Å². The minimum Gasteiger partial charge on any atom is -0.322 e. The van der Waals surface area contributed by atoms with E-state index in [1.807, 2.05) is 0 Å².